The highest BCUT2D eigenvalue weighted by molar-refractivity contribution is 5.91. The number of aromatic amines is 1. The lowest BCUT2D eigenvalue weighted by molar-refractivity contribution is -0.119. The van der Waals surface area contributed by atoms with Crippen LogP contribution >= 0.6 is 0 Å². The SMILES string of the molecule is COCC(=O)Nc1ccc(-c2ncc(C(=O)O)c(=O)[nH]2)cc1.c1c[n-]cn1. The zero-order chi connectivity index (χ0) is 19.6. The third-order valence-electron chi connectivity index (χ3n) is 3.12. The summed E-state index contributed by atoms with van der Waals surface area (Å²) < 4.78 is 4.70. The second-order valence-corrected chi connectivity index (χ2v) is 5.05. The fourth-order valence-electron chi connectivity index (χ4n) is 1.93. The van der Waals surface area contributed by atoms with E-state index in [4.69, 9.17) is 9.84 Å². The van der Waals surface area contributed by atoms with E-state index in [0.29, 0.717) is 11.3 Å². The quantitative estimate of drug-likeness (QED) is 0.596. The highest BCUT2D eigenvalue weighted by Gasteiger charge is 2.10. The molecule has 0 atom stereocenters. The average molecular weight is 370 g/mol. The number of ether oxygens (including phenoxy) is 1. The lowest BCUT2D eigenvalue weighted by Gasteiger charge is -2.06. The summed E-state index contributed by atoms with van der Waals surface area (Å²) in [5, 5.41) is 11.4. The Kier molecular flexibility index (Phi) is 6.97. The van der Waals surface area contributed by atoms with Gasteiger partial charge in [-0.3, -0.25) is 9.59 Å². The van der Waals surface area contributed by atoms with Crippen molar-refractivity contribution < 1.29 is 19.4 Å². The summed E-state index contributed by atoms with van der Waals surface area (Å²) in [6, 6.07) is 6.55. The zero-order valence-corrected chi connectivity index (χ0v) is 14.2. The van der Waals surface area contributed by atoms with E-state index in [1.54, 1.807) is 36.7 Å². The van der Waals surface area contributed by atoms with Gasteiger partial charge in [-0.05, 0) is 24.3 Å². The molecule has 3 aromatic rings. The van der Waals surface area contributed by atoms with Gasteiger partial charge in [0.1, 0.15) is 18.0 Å². The normalized spacial score (nSPS) is 9.81. The van der Waals surface area contributed by atoms with Gasteiger partial charge in [0.2, 0.25) is 5.91 Å². The fraction of sp³-hybridized carbons (Fsp3) is 0.118. The number of imidazole rings is 1. The van der Waals surface area contributed by atoms with Gasteiger partial charge in [-0.2, -0.15) is 0 Å². The van der Waals surface area contributed by atoms with E-state index in [9.17, 15) is 14.4 Å². The number of carboxylic acids is 1. The molecule has 0 spiro atoms. The number of hydrogen-bond acceptors (Lipinski definition) is 6. The molecule has 1 aromatic carbocycles. The predicted molar refractivity (Wildman–Crippen MR) is 95.3 cm³/mol. The van der Waals surface area contributed by atoms with Crippen molar-refractivity contribution in [2.45, 2.75) is 0 Å². The molecule has 0 fully saturated rings. The van der Waals surface area contributed by atoms with Gasteiger partial charge in [0.15, 0.2) is 0 Å². The van der Waals surface area contributed by atoms with Crippen LogP contribution in [0.5, 0.6) is 0 Å². The Labute approximate surface area is 153 Å². The zero-order valence-electron chi connectivity index (χ0n) is 14.2. The van der Waals surface area contributed by atoms with Crippen molar-refractivity contribution in [3.63, 3.8) is 0 Å². The summed E-state index contributed by atoms with van der Waals surface area (Å²) in [5.74, 6) is -1.38. The van der Waals surface area contributed by atoms with E-state index in [1.807, 2.05) is 0 Å². The first kappa shape index (κ1) is 19.5. The number of aromatic nitrogens is 4. The van der Waals surface area contributed by atoms with E-state index in [0.717, 1.165) is 6.20 Å². The van der Waals surface area contributed by atoms with Gasteiger partial charge in [0.25, 0.3) is 5.56 Å². The fourth-order valence-corrected chi connectivity index (χ4v) is 1.93. The van der Waals surface area contributed by atoms with Gasteiger partial charge in [-0.15, -0.1) is 0 Å². The molecule has 2 aromatic heterocycles. The molecular weight excluding hydrogens is 354 g/mol. The first-order valence-electron chi connectivity index (χ1n) is 7.59. The summed E-state index contributed by atoms with van der Waals surface area (Å²) >= 11 is 0. The van der Waals surface area contributed by atoms with Crippen LogP contribution in [0.3, 0.4) is 0 Å². The summed E-state index contributed by atoms with van der Waals surface area (Å²) in [6.07, 6.45) is 5.78. The van der Waals surface area contributed by atoms with Crippen molar-refractivity contribution in [2.24, 2.45) is 0 Å². The van der Waals surface area contributed by atoms with E-state index >= 15 is 0 Å². The number of methoxy groups -OCH3 is 1. The van der Waals surface area contributed by atoms with E-state index < -0.39 is 17.1 Å². The molecule has 3 rings (SSSR count). The van der Waals surface area contributed by atoms with Crippen LogP contribution in [0.15, 0.2) is 54.0 Å². The lowest BCUT2D eigenvalue weighted by atomic mass is 10.2. The topological polar surface area (TPSA) is 148 Å². The first-order chi connectivity index (χ1) is 13.0. The number of carbonyl (C=O) groups is 2. The number of carbonyl (C=O) groups excluding carboxylic acids is 1. The number of H-pyrrole nitrogens is 1. The van der Waals surface area contributed by atoms with Crippen LogP contribution in [0.2, 0.25) is 0 Å². The van der Waals surface area contributed by atoms with Crippen molar-refractivity contribution in [3.8, 4) is 11.4 Å². The first-order valence-corrected chi connectivity index (χ1v) is 7.59. The molecule has 2 heterocycles. The largest absolute Gasteiger partial charge is 0.477 e. The number of nitrogens with zero attached hydrogens (tertiary/aromatic N) is 3. The number of aromatic carboxylic acids is 1. The van der Waals surface area contributed by atoms with E-state index in [-0.39, 0.29) is 18.3 Å². The van der Waals surface area contributed by atoms with Crippen molar-refractivity contribution in [3.05, 3.63) is 65.1 Å². The maximum Gasteiger partial charge on any atom is 0.342 e. The molecule has 10 heteroatoms. The third kappa shape index (κ3) is 5.90. The Hall–Kier alpha value is -3.79. The van der Waals surface area contributed by atoms with Gasteiger partial charge < -0.3 is 30.1 Å². The van der Waals surface area contributed by atoms with E-state index in [2.05, 4.69) is 25.3 Å². The minimum Gasteiger partial charge on any atom is -0.477 e. The molecule has 27 heavy (non-hydrogen) atoms. The second kappa shape index (κ2) is 9.63. The number of anilines is 1. The number of amides is 1. The number of carboxylic acid groups (broad SMARTS) is 1. The summed E-state index contributed by atoms with van der Waals surface area (Å²) in [7, 11) is 1.42. The lowest BCUT2D eigenvalue weighted by Crippen LogP contribution is -2.18. The Bertz CT molecular complexity index is 918. The minimum absolute atomic E-state index is 0.0483. The summed E-state index contributed by atoms with van der Waals surface area (Å²) in [4.78, 5) is 47.2. The average Bonchev–Trinajstić information content (AvgIpc) is 3.22. The van der Waals surface area contributed by atoms with Crippen molar-refractivity contribution in [1.82, 2.24) is 19.9 Å². The van der Waals surface area contributed by atoms with Crippen LogP contribution in [0.25, 0.3) is 11.4 Å². The molecule has 0 bridgehead atoms. The molecule has 0 radical (unpaired) electrons. The summed E-state index contributed by atoms with van der Waals surface area (Å²) in [6.45, 7) is -0.0483. The van der Waals surface area contributed by atoms with Crippen LogP contribution < -0.4 is 15.9 Å². The Morgan fingerprint density at radius 3 is 2.52 bits per heavy atom. The molecule has 0 aliphatic rings. The molecule has 1 amide bonds. The number of hydrogen-bond donors (Lipinski definition) is 3. The number of rotatable bonds is 5. The predicted octanol–water partition coefficient (Wildman–Crippen LogP) is 0.759. The van der Waals surface area contributed by atoms with Crippen LogP contribution in [0, 0.1) is 0 Å². The van der Waals surface area contributed by atoms with Crippen molar-refractivity contribution in [2.75, 3.05) is 19.0 Å². The maximum absolute atomic E-state index is 11.6. The van der Waals surface area contributed by atoms with Crippen molar-refractivity contribution in [1.29, 1.82) is 0 Å². The van der Waals surface area contributed by atoms with Crippen LogP contribution in [0.1, 0.15) is 10.4 Å². The smallest absolute Gasteiger partial charge is 0.342 e. The Morgan fingerprint density at radius 1 is 1.30 bits per heavy atom. The molecule has 0 aliphatic heterocycles. The van der Waals surface area contributed by atoms with Gasteiger partial charge in [0.05, 0.1) is 0 Å². The molecular formula is C17H16N5O5-. The van der Waals surface area contributed by atoms with Gasteiger partial charge in [-0.25, -0.2) is 9.78 Å². The second-order valence-electron chi connectivity index (χ2n) is 5.05. The number of benzene rings is 1. The van der Waals surface area contributed by atoms with Crippen LogP contribution in [0.4, 0.5) is 5.69 Å². The monoisotopic (exact) mass is 370 g/mol. The standard InChI is InChI=1S/C14H13N3O5.C3H3N2/c1-22-7-11(18)16-9-4-2-8(3-5-9)12-15-6-10(14(20)21)13(19)17-12;1-2-5-3-4-1/h2-6H,7H2,1H3,(H,16,18)(H,20,21)(H,15,17,19);1-3H/q;-1. The van der Waals surface area contributed by atoms with Crippen LogP contribution in [-0.2, 0) is 9.53 Å². The molecule has 3 N–H and O–H groups in total. The highest BCUT2D eigenvalue weighted by Crippen LogP contribution is 2.17. The third-order valence-corrected chi connectivity index (χ3v) is 3.12. The maximum atomic E-state index is 11.6. The summed E-state index contributed by atoms with van der Waals surface area (Å²) in [5.41, 5.74) is -0.00347. The highest BCUT2D eigenvalue weighted by atomic mass is 16.5. The molecule has 0 unspecified atom stereocenters. The molecule has 0 saturated heterocycles. The Morgan fingerprint density at radius 2 is 2.04 bits per heavy atom. The minimum atomic E-state index is -1.34. The molecule has 140 valence electrons. The van der Waals surface area contributed by atoms with Crippen molar-refractivity contribution >= 4 is 17.6 Å². The van der Waals surface area contributed by atoms with Gasteiger partial charge in [0, 0.05) is 24.6 Å². The number of nitrogens with one attached hydrogen (secondary N) is 2. The molecule has 0 aliphatic carbocycles. The van der Waals surface area contributed by atoms with Gasteiger partial charge in [-0.1, -0.05) is 18.7 Å². The van der Waals surface area contributed by atoms with Crippen LogP contribution in [-0.4, -0.2) is 45.7 Å². The molecule has 10 nitrogen and oxygen atoms in total. The Balaban J connectivity index is 0.000000451. The molecule has 0 saturated carbocycles. The van der Waals surface area contributed by atoms with E-state index in [1.165, 1.54) is 13.4 Å². The van der Waals surface area contributed by atoms with Gasteiger partial charge >= 0.3 is 5.97 Å².